The summed E-state index contributed by atoms with van der Waals surface area (Å²) in [5, 5.41) is 0. The van der Waals surface area contributed by atoms with Crippen LogP contribution in [0.3, 0.4) is 0 Å². The van der Waals surface area contributed by atoms with E-state index in [0.717, 1.165) is 44.9 Å². The molecule has 1 atom stereocenters. The first-order chi connectivity index (χ1) is 11.6. The SMILES string of the molecule is CCCCCCC(=O)Oc1ccccc1OC(=O)C(C)CCCC. The first-order valence-corrected chi connectivity index (χ1v) is 9.09. The summed E-state index contributed by atoms with van der Waals surface area (Å²) in [6.07, 6.45) is 7.32. The molecule has 1 aromatic rings. The number of rotatable bonds is 11. The maximum absolute atomic E-state index is 12.1. The smallest absolute Gasteiger partial charge is 0.314 e. The van der Waals surface area contributed by atoms with Crippen LogP contribution in [-0.4, -0.2) is 11.9 Å². The van der Waals surface area contributed by atoms with Crippen molar-refractivity contribution in [2.75, 3.05) is 0 Å². The van der Waals surface area contributed by atoms with Gasteiger partial charge in [-0.05, 0) is 25.0 Å². The van der Waals surface area contributed by atoms with Crippen molar-refractivity contribution in [3.8, 4) is 11.5 Å². The van der Waals surface area contributed by atoms with Crippen molar-refractivity contribution in [3.63, 3.8) is 0 Å². The zero-order valence-corrected chi connectivity index (χ0v) is 15.2. The van der Waals surface area contributed by atoms with Gasteiger partial charge in [0.1, 0.15) is 0 Å². The maximum atomic E-state index is 12.1. The number of para-hydroxylation sites is 2. The Labute approximate surface area is 145 Å². The summed E-state index contributed by atoms with van der Waals surface area (Å²) in [6, 6.07) is 6.84. The minimum atomic E-state index is -0.284. The third-order valence-corrected chi connectivity index (χ3v) is 3.91. The molecule has 1 unspecified atom stereocenters. The Bertz CT molecular complexity index is 510. The quantitative estimate of drug-likeness (QED) is 0.313. The molecule has 0 amide bonds. The van der Waals surface area contributed by atoms with E-state index in [2.05, 4.69) is 13.8 Å². The van der Waals surface area contributed by atoms with Crippen LogP contribution in [0.25, 0.3) is 0 Å². The van der Waals surface area contributed by atoms with Crippen LogP contribution in [0, 0.1) is 5.92 Å². The highest BCUT2D eigenvalue weighted by molar-refractivity contribution is 5.77. The van der Waals surface area contributed by atoms with Gasteiger partial charge in [-0.1, -0.05) is 65.0 Å². The average molecular weight is 334 g/mol. The molecular formula is C20H30O4. The van der Waals surface area contributed by atoms with Crippen molar-refractivity contribution in [1.82, 2.24) is 0 Å². The first-order valence-electron chi connectivity index (χ1n) is 9.09. The van der Waals surface area contributed by atoms with Gasteiger partial charge >= 0.3 is 11.9 Å². The summed E-state index contributed by atoms with van der Waals surface area (Å²) >= 11 is 0. The fourth-order valence-corrected chi connectivity index (χ4v) is 2.33. The van der Waals surface area contributed by atoms with Crippen LogP contribution in [0.5, 0.6) is 11.5 Å². The Hall–Kier alpha value is -1.84. The maximum Gasteiger partial charge on any atom is 0.314 e. The van der Waals surface area contributed by atoms with E-state index >= 15 is 0 Å². The molecule has 4 heteroatoms. The summed E-state index contributed by atoms with van der Waals surface area (Å²) in [5.74, 6) is -0.104. The number of hydrogen-bond donors (Lipinski definition) is 0. The zero-order valence-electron chi connectivity index (χ0n) is 15.2. The second kappa shape index (κ2) is 11.7. The van der Waals surface area contributed by atoms with Gasteiger partial charge in [-0.15, -0.1) is 0 Å². The second-order valence-electron chi connectivity index (χ2n) is 6.20. The standard InChI is InChI=1S/C20H30O4/c1-4-6-8-9-15-19(21)23-17-13-10-11-14-18(17)24-20(22)16(3)12-7-5-2/h10-11,13-14,16H,4-9,12,15H2,1-3H3. The number of unbranched alkanes of at least 4 members (excludes halogenated alkanes) is 4. The lowest BCUT2D eigenvalue weighted by Gasteiger charge is -2.13. The number of carbonyl (C=O) groups excluding carboxylic acids is 2. The van der Waals surface area contributed by atoms with E-state index in [-0.39, 0.29) is 17.9 Å². The van der Waals surface area contributed by atoms with E-state index in [1.54, 1.807) is 24.3 Å². The van der Waals surface area contributed by atoms with Gasteiger partial charge in [-0.3, -0.25) is 9.59 Å². The lowest BCUT2D eigenvalue weighted by Crippen LogP contribution is -2.18. The monoisotopic (exact) mass is 334 g/mol. The van der Waals surface area contributed by atoms with Gasteiger partial charge in [0.05, 0.1) is 5.92 Å². The molecule has 0 heterocycles. The molecule has 0 saturated carbocycles. The molecule has 0 aliphatic rings. The van der Waals surface area contributed by atoms with Crippen LogP contribution in [0.15, 0.2) is 24.3 Å². The van der Waals surface area contributed by atoms with E-state index in [4.69, 9.17) is 9.47 Å². The summed E-state index contributed by atoms with van der Waals surface area (Å²) < 4.78 is 10.8. The molecule has 134 valence electrons. The molecule has 0 aliphatic carbocycles. The minimum Gasteiger partial charge on any atom is -0.423 e. The van der Waals surface area contributed by atoms with Crippen molar-refractivity contribution in [2.45, 2.75) is 72.1 Å². The fraction of sp³-hybridized carbons (Fsp3) is 0.600. The largest absolute Gasteiger partial charge is 0.423 e. The molecule has 4 nitrogen and oxygen atoms in total. The Morgan fingerprint density at radius 1 is 0.917 bits per heavy atom. The highest BCUT2D eigenvalue weighted by atomic mass is 16.6. The summed E-state index contributed by atoms with van der Waals surface area (Å²) in [4.78, 5) is 24.1. The summed E-state index contributed by atoms with van der Waals surface area (Å²) in [5.41, 5.74) is 0. The van der Waals surface area contributed by atoms with Gasteiger partial charge < -0.3 is 9.47 Å². The van der Waals surface area contributed by atoms with Crippen LogP contribution in [0.4, 0.5) is 0 Å². The van der Waals surface area contributed by atoms with Gasteiger partial charge in [0, 0.05) is 6.42 Å². The van der Waals surface area contributed by atoms with E-state index in [1.165, 1.54) is 0 Å². The van der Waals surface area contributed by atoms with Crippen LogP contribution < -0.4 is 9.47 Å². The number of ether oxygens (including phenoxy) is 2. The summed E-state index contributed by atoms with van der Waals surface area (Å²) in [6.45, 7) is 6.08. The fourth-order valence-electron chi connectivity index (χ4n) is 2.33. The third-order valence-electron chi connectivity index (χ3n) is 3.91. The van der Waals surface area contributed by atoms with Gasteiger partial charge in [0.25, 0.3) is 0 Å². The Kier molecular flexibility index (Phi) is 9.81. The minimum absolute atomic E-state index is 0.164. The molecule has 0 N–H and O–H groups in total. The molecule has 0 spiro atoms. The molecule has 0 bridgehead atoms. The van der Waals surface area contributed by atoms with Gasteiger partial charge in [0.15, 0.2) is 11.5 Å². The number of esters is 2. The topological polar surface area (TPSA) is 52.6 Å². The van der Waals surface area contributed by atoms with Crippen LogP contribution in [0.2, 0.25) is 0 Å². The molecule has 24 heavy (non-hydrogen) atoms. The first kappa shape index (κ1) is 20.2. The number of benzene rings is 1. The molecule has 1 rings (SSSR count). The molecule has 0 fully saturated rings. The summed E-state index contributed by atoms with van der Waals surface area (Å²) in [7, 11) is 0. The predicted octanol–water partition coefficient (Wildman–Crippen LogP) is 5.29. The molecule has 0 aromatic heterocycles. The lowest BCUT2D eigenvalue weighted by atomic mass is 10.1. The van der Waals surface area contributed by atoms with E-state index in [1.807, 2.05) is 6.92 Å². The number of hydrogen-bond acceptors (Lipinski definition) is 4. The van der Waals surface area contributed by atoms with Gasteiger partial charge in [0.2, 0.25) is 0 Å². The lowest BCUT2D eigenvalue weighted by molar-refractivity contribution is -0.140. The van der Waals surface area contributed by atoms with Crippen molar-refractivity contribution >= 4 is 11.9 Å². The Balaban J connectivity index is 2.57. The second-order valence-corrected chi connectivity index (χ2v) is 6.20. The van der Waals surface area contributed by atoms with E-state index in [0.29, 0.717) is 17.9 Å². The highest BCUT2D eigenvalue weighted by Crippen LogP contribution is 2.28. The Morgan fingerprint density at radius 2 is 1.54 bits per heavy atom. The van der Waals surface area contributed by atoms with Crippen molar-refractivity contribution in [2.24, 2.45) is 5.92 Å². The number of carbonyl (C=O) groups is 2. The molecule has 0 saturated heterocycles. The Morgan fingerprint density at radius 3 is 2.17 bits per heavy atom. The predicted molar refractivity (Wildman–Crippen MR) is 95.2 cm³/mol. The van der Waals surface area contributed by atoms with Crippen LogP contribution in [0.1, 0.15) is 72.1 Å². The van der Waals surface area contributed by atoms with Gasteiger partial charge in [-0.25, -0.2) is 0 Å². The van der Waals surface area contributed by atoms with Crippen molar-refractivity contribution in [3.05, 3.63) is 24.3 Å². The van der Waals surface area contributed by atoms with Crippen molar-refractivity contribution < 1.29 is 19.1 Å². The van der Waals surface area contributed by atoms with Gasteiger partial charge in [-0.2, -0.15) is 0 Å². The zero-order chi connectivity index (χ0) is 17.8. The molecular weight excluding hydrogens is 304 g/mol. The van der Waals surface area contributed by atoms with E-state index in [9.17, 15) is 9.59 Å². The average Bonchev–Trinajstić information content (AvgIpc) is 2.58. The third kappa shape index (κ3) is 7.62. The van der Waals surface area contributed by atoms with Crippen LogP contribution >= 0.6 is 0 Å². The van der Waals surface area contributed by atoms with Crippen LogP contribution in [-0.2, 0) is 9.59 Å². The molecule has 0 radical (unpaired) electrons. The highest BCUT2D eigenvalue weighted by Gasteiger charge is 2.18. The van der Waals surface area contributed by atoms with Crippen molar-refractivity contribution in [1.29, 1.82) is 0 Å². The molecule has 0 aliphatic heterocycles. The molecule has 1 aromatic carbocycles. The van der Waals surface area contributed by atoms with E-state index < -0.39 is 0 Å². The normalized spacial score (nSPS) is 11.8.